The van der Waals surface area contributed by atoms with E-state index in [0.29, 0.717) is 12.0 Å². The van der Waals surface area contributed by atoms with Gasteiger partial charge in [-0.1, -0.05) is 6.07 Å². The van der Waals surface area contributed by atoms with E-state index in [9.17, 15) is 0 Å². The molecule has 0 amide bonds. The molecule has 17 heavy (non-hydrogen) atoms. The Morgan fingerprint density at radius 3 is 2.65 bits per heavy atom. The van der Waals surface area contributed by atoms with Gasteiger partial charge in [-0.05, 0) is 57.3 Å². The first-order chi connectivity index (χ1) is 8.15. The minimum Gasteiger partial charge on any atom is -0.328 e. The zero-order valence-electron chi connectivity index (χ0n) is 10.9. The minimum atomic E-state index is 0.342. The highest BCUT2D eigenvalue weighted by atomic mass is 15.1. The summed E-state index contributed by atoms with van der Waals surface area (Å²) in [4.78, 5) is 6.94. The summed E-state index contributed by atoms with van der Waals surface area (Å²) >= 11 is 0. The molecule has 2 rings (SSSR count). The lowest BCUT2D eigenvalue weighted by atomic mass is 9.91. The standard InChI is InChI=1S/C14H23N3/c1-11-3-4-14(16-9-11)10-17-7-5-13(6-8-17)12(2)15/h3-4,9,12-13H,5-8,10,15H2,1-2H3. The molecule has 1 aliphatic heterocycles. The second kappa shape index (κ2) is 5.61. The highest BCUT2D eigenvalue weighted by Crippen LogP contribution is 2.20. The predicted octanol–water partition coefficient (Wildman–Crippen LogP) is 1.95. The van der Waals surface area contributed by atoms with Crippen molar-refractivity contribution in [3.05, 3.63) is 29.6 Å². The molecule has 1 fully saturated rings. The van der Waals surface area contributed by atoms with Crippen molar-refractivity contribution in [2.75, 3.05) is 13.1 Å². The van der Waals surface area contributed by atoms with E-state index in [2.05, 4.69) is 35.9 Å². The van der Waals surface area contributed by atoms with Crippen molar-refractivity contribution >= 4 is 0 Å². The Hall–Kier alpha value is -0.930. The molecule has 94 valence electrons. The van der Waals surface area contributed by atoms with Gasteiger partial charge >= 0.3 is 0 Å². The highest BCUT2D eigenvalue weighted by molar-refractivity contribution is 5.12. The minimum absolute atomic E-state index is 0.342. The van der Waals surface area contributed by atoms with Crippen LogP contribution in [0.4, 0.5) is 0 Å². The number of nitrogens with two attached hydrogens (primary N) is 1. The third-order valence-electron chi connectivity index (χ3n) is 3.73. The van der Waals surface area contributed by atoms with Gasteiger partial charge in [0.05, 0.1) is 5.69 Å². The molecule has 0 bridgehead atoms. The molecule has 1 saturated heterocycles. The first-order valence-electron chi connectivity index (χ1n) is 6.54. The van der Waals surface area contributed by atoms with Crippen LogP contribution in [0.15, 0.2) is 18.3 Å². The van der Waals surface area contributed by atoms with E-state index in [1.54, 1.807) is 0 Å². The molecule has 0 saturated carbocycles. The lowest BCUT2D eigenvalue weighted by Crippen LogP contribution is -2.39. The van der Waals surface area contributed by atoms with Gasteiger partial charge in [-0.2, -0.15) is 0 Å². The first kappa shape index (κ1) is 12.5. The number of rotatable bonds is 3. The van der Waals surface area contributed by atoms with Crippen molar-refractivity contribution in [1.29, 1.82) is 0 Å². The molecule has 0 aromatic carbocycles. The fourth-order valence-corrected chi connectivity index (χ4v) is 2.46. The first-order valence-corrected chi connectivity index (χ1v) is 6.54. The van der Waals surface area contributed by atoms with Crippen molar-refractivity contribution in [3.63, 3.8) is 0 Å². The van der Waals surface area contributed by atoms with Crippen molar-refractivity contribution in [3.8, 4) is 0 Å². The highest BCUT2D eigenvalue weighted by Gasteiger charge is 2.21. The molecule has 0 spiro atoms. The summed E-state index contributed by atoms with van der Waals surface area (Å²) in [5.41, 5.74) is 8.35. The molecular weight excluding hydrogens is 210 g/mol. The number of likely N-dealkylation sites (tertiary alicyclic amines) is 1. The summed E-state index contributed by atoms with van der Waals surface area (Å²) in [6, 6.07) is 4.61. The summed E-state index contributed by atoms with van der Waals surface area (Å²) in [6.45, 7) is 7.49. The van der Waals surface area contributed by atoms with Crippen LogP contribution in [0.2, 0.25) is 0 Å². The Labute approximate surface area is 104 Å². The topological polar surface area (TPSA) is 42.1 Å². The maximum atomic E-state index is 5.95. The summed E-state index contributed by atoms with van der Waals surface area (Å²) in [6.07, 6.45) is 4.40. The van der Waals surface area contributed by atoms with Crippen molar-refractivity contribution in [1.82, 2.24) is 9.88 Å². The van der Waals surface area contributed by atoms with Crippen LogP contribution in [-0.4, -0.2) is 29.0 Å². The summed E-state index contributed by atoms with van der Waals surface area (Å²) < 4.78 is 0. The van der Waals surface area contributed by atoms with Crippen LogP contribution >= 0.6 is 0 Å². The molecule has 1 aromatic heterocycles. The largest absolute Gasteiger partial charge is 0.328 e. The summed E-state index contributed by atoms with van der Waals surface area (Å²) in [5, 5.41) is 0. The zero-order chi connectivity index (χ0) is 12.3. The van der Waals surface area contributed by atoms with Crippen LogP contribution in [0, 0.1) is 12.8 Å². The van der Waals surface area contributed by atoms with E-state index in [4.69, 9.17) is 5.73 Å². The van der Waals surface area contributed by atoms with E-state index < -0.39 is 0 Å². The van der Waals surface area contributed by atoms with Gasteiger partial charge in [0.2, 0.25) is 0 Å². The van der Waals surface area contributed by atoms with E-state index in [0.717, 1.165) is 19.6 Å². The van der Waals surface area contributed by atoms with Gasteiger partial charge in [0, 0.05) is 18.8 Å². The molecule has 2 heterocycles. The number of aromatic nitrogens is 1. The summed E-state index contributed by atoms with van der Waals surface area (Å²) in [7, 11) is 0. The third-order valence-corrected chi connectivity index (χ3v) is 3.73. The Kier molecular flexibility index (Phi) is 4.13. The Balaban J connectivity index is 1.84. The molecule has 0 radical (unpaired) electrons. The number of aryl methyl sites for hydroxylation is 1. The van der Waals surface area contributed by atoms with Crippen molar-refractivity contribution < 1.29 is 0 Å². The van der Waals surface area contributed by atoms with Crippen LogP contribution in [0.1, 0.15) is 31.0 Å². The van der Waals surface area contributed by atoms with Gasteiger partial charge in [0.1, 0.15) is 0 Å². The normalized spacial score (nSPS) is 20.4. The second-order valence-corrected chi connectivity index (χ2v) is 5.30. The zero-order valence-corrected chi connectivity index (χ0v) is 10.9. The van der Waals surface area contributed by atoms with Gasteiger partial charge in [-0.15, -0.1) is 0 Å². The van der Waals surface area contributed by atoms with Crippen LogP contribution < -0.4 is 5.73 Å². The lowest BCUT2D eigenvalue weighted by Gasteiger charge is -2.33. The lowest BCUT2D eigenvalue weighted by molar-refractivity contribution is 0.164. The van der Waals surface area contributed by atoms with Crippen LogP contribution in [0.5, 0.6) is 0 Å². The van der Waals surface area contributed by atoms with Gasteiger partial charge in [-0.3, -0.25) is 9.88 Å². The Morgan fingerprint density at radius 1 is 1.41 bits per heavy atom. The predicted molar refractivity (Wildman–Crippen MR) is 70.6 cm³/mol. The third kappa shape index (κ3) is 3.51. The number of pyridine rings is 1. The molecule has 1 atom stereocenters. The quantitative estimate of drug-likeness (QED) is 0.867. The molecule has 2 N–H and O–H groups in total. The molecule has 1 aromatic rings. The Bertz CT molecular complexity index is 337. The summed E-state index contributed by atoms with van der Waals surface area (Å²) in [5.74, 6) is 0.706. The van der Waals surface area contributed by atoms with Crippen molar-refractivity contribution in [2.24, 2.45) is 11.7 Å². The van der Waals surface area contributed by atoms with Gasteiger partial charge in [-0.25, -0.2) is 0 Å². The molecule has 0 aliphatic carbocycles. The average Bonchev–Trinajstić information content (AvgIpc) is 2.33. The van der Waals surface area contributed by atoms with Crippen LogP contribution in [-0.2, 0) is 6.54 Å². The molecule has 3 nitrogen and oxygen atoms in total. The number of piperidine rings is 1. The molecule has 1 aliphatic rings. The van der Waals surface area contributed by atoms with E-state index >= 15 is 0 Å². The number of hydrogen-bond acceptors (Lipinski definition) is 3. The fourth-order valence-electron chi connectivity index (χ4n) is 2.46. The van der Waals surface area contributed by atoms with Gasteiger partial charge in [0.25, 0.3) is 0 Å². The van der Waals surface area contributed by atoms with Gasteiger partial charge in [0.15, 0.2) is 0 Å². The molecule has 1 unspecified atom stereocenters. The van der Waals surface area contributed by atoms with Gasteiger partial charge < -0.3 is 5.73 Å². The number of nitrogens with zero attached hydrogens (tertiary/aromatic N) is 2. The fraction of sp³-hybridized carbons (Fsp3) is 0.643. The van der Waals surface area contributed by atoms with E-state index in [1.165, 1.54) is 24.1 Å². The molecular formula is C14H23N3. The average molecular weight is 233 g/mol. The SMILES string of the molecule is Cc1ccc(CN2CCC(C(C)N)CC2)nc1. The molecule has 3 heteroatoms. The Morgan fingerprint density at radius 2 is 2.12 bits per heavy atom. The second-order valence-electron chi connectivity index (χ2n) is 5.30. The number of hydrogen-bond donors (Lipinski definition) is 1. The monoisotopic (exact) mass is 233 g/mol. The van der Waals surface area contributed by atoms with Crippen molar-refractivity contribution in [2.45, 2.75) is 39.3 Å². The maximum Gasteiger partial charge on any atom is 0.0544 e. The van der Waals surface area contributed by atoms with E-state index in [1.807, 2.05) is 6.20 Å². The van der Waals surface area contributed by atoms with E-state index in [-0.39, 0.29) is 0 Å². The smallest absolute Gasteiger partial charge is 0.0544 e. The maximum absolute atomic E-state index is 5.95. The van der Waals surface area contributed by atoms with Crippen LogP contribution in [0.3, 0.4) is 0 Å². The van der Waals surface area contributed by atoms with Crippen LogP contribution in [0.25, 0.3) is 0 Å².